The summed E-state index contributed by atoms with van der Waals surface area (Å²) in [5.74, 6) is 0.855. The van der Waals surface area contributed by atoms with Gasteiger partial charge in [0.2, 0.25) is 0 Å². The quantitative estimate of drug-likeness (QED) is 0.566. The summed E-state index contributed by atoms with van der Waals surface area (Å²) in [6.07, 6.45) is 6.86. The van der Waals surface area contributed by atoms with Crippen LogP contribution in [-0.2, 0) is 19.5 Å². The number of guanidine groups is 1. The van der Waals surface area contributed by atoms with Gasteiger partial charge in [-0.15, -0.1) is 11.3 Å². The van der Waals surface area contributed by atoms with Crippen LogP contribution in [-0.4, -0.2) is 42.0 Å². The van der Waals surface area contributed by atoms with Crippen molar-refractivity contribution in [2.45, 2.75) is 51.7 Å². The van der Waals surface area contributed by atoms with Crippen LogP contribution >= 0.6 is 11.3 Å². The molecule has 3 rings (SSSR count). The number of nitrogens with one attached hydrogen (secondary N) is 2. The van der Waals surface area contributed by atoms with Gasteiger partial charge in [-0.3, -0.25) is 9.89 Å². The highest BCUT2D eigenvalue weighted by atomic mass is 32.1. The van der Waals surface area contributed by atoms with E-state index in [2.05, 4.69) is 62.8 Å². The Morgan fingerprint density at radius 3 is 2.85 bits per heavy atom. The molecule has 1 fully saturated rings. The van der Waals surface area contributed by atoms with Crippen LogP contribution in [0.1, 0.15) is 41.6 Å². The first-order valence-corrected chi connectivity index (χ1v) is 10.8. The van der Waals surface area contributed by atoms with Crippen molar-refractivity contribution in [1.82, 2.24) is 20.5 Å². The van der Waals surface area contributed by atoms with E-state index in [0.717, 1.165) is 37.0 Å². The molecular formula is C21H31N5S. The van der Waals surface area contributed by atoms with E-state index in [1.807, 2.05) is 13.2 Å². The molecular weight excluding hydrogens is 354 g/mol. The fraction of sp³-hybridized carbons (Fsp3) is 0.524. The minimum Gasteiger partial charge on any atom is -0.355 e. The zero-order valence-corrected chi connectivity index (χ0v) is 17.3. The summed E-state index contributed by atoms with van der Waals surface area (Å²) in [5, 5.41) is 8.02. The van der Waals surface area contributed by atoms with E-state index >= 15 is 0 Å². The lowest BCUT2D eigenvalue weighted by Gasteiger charge is -2.36. The molecule has 146 valence electrons. The van der Waals surface area contributed by atoms with E-state index in [1.54, 1.807) is 11.3 Å². The predicted molar refractivity (Wildman–Crippen MR) is 114 cm³/mol. The maximum Gasteiger partial charge on any atom is 0.191 e. The molecule has 0 bridgehead atoms. The number of likely N-dealkylation sites (tertiary alicyclic amines) is 1. The van der Waals surface area contributed by atoms with Crippen molar-refractivity contribution in [3.05, 3.63) is 52.0 Å². The molecule has 1 unspecified atom stereocenters. The van der Waals surface area contributed by atoms with Gasteiger partial charge in [0, 0.05) is 37.3 Å². The molecule has 1 saturated heterocycles. The molecule has 5 nitrogen and oxygen atoms in total. The third-order valence-corrected chi connectivity index (χ3v) is 6.20. The number of hydrogen-bond donors (Lipinski definition) is 2. The standard InChI is InChI=1S/C21H31N5S/c1-3-19-14-23-20(27-19)15-25-21(22-2)24-13-18-11-7-8-12-26(18)16-17-9-5-4-6-10-17/h4-6,9-10,14,18H,3,7-8,11-13,15-16H2,1-2H3,(H2,22,24,25). The molecule has 0 radical (unpaired) electrons. The van der Waals surface area contributed by atoms with Crippen LogP contribution in [0.2, 0.25) is 0 Å². The van der Waals surface area contributed by atoms with Crippen LogP contribution in [0.3, 0.4) is 0 Å². The summed E-state index contributed by atoms with van der Waals surface area (Å²) >= 11 is 1.77. The molecule has 2 aromatic rings. The second-order valence-electron chi connectivity index (χ2n) is 6.99. The minimum atomic E-state index is 0.545. The van der Waals surface area contributed by atoms with Gasteiger partial charge in [-0.25, -0.2) is 4.98 Å². The fourth-order valence-corrected chi connectivity index (χ4v) is 4.31. The van der Waals surface area contributed by atoms with Gasteiger partial charge in [0.05, 0.1) is 6.54 Å². The number of thiazole rings is 1. The monoisotopic (exact) mass is 385 g/mol. The highest BCUT2D eigenvalue weighted by Crippen LogP contribution is 2.19. The Kier molecular flexibility index (Phi) is 7.66. The molecule has 2 heterocycles. The summed E-state index contributed by atoms with van der Waals surface area (Å²) in [6.45, 7) is 6.01. The number of piperidine rings is 1. The van der Waals surface area contributed by atoms with Gasteiger partial charge in [-0.2, -0.15) is 0 Å². The summed E-state index contributed by atoms with van der Waals surface area (Å²) in [5.41, 5.74) is 1.39. The molecule has 0 aliphatic carbocycles. The second kappa shape index (κ2) is 10.4. The average molecular weight is 386 g/mol. The fourth-order valence-electron chi connectivity index (χ4n) is 3.50. The lowest BCUT2D eigenvalue weighted by Crippen LogP contribution is -2.48. The maximum absolute atomic E-state index is 4.47. The van der Waals surface area contributed by atoms with Crippen LogP contribution in [0, 0.1) is 0 Å². The van der Waals surface area contributed by atoms with E-state index in [1.165, 1.54) is 36.2 Å². The molecule has 1 aliphatic rings. The topological polar surface area (TPSA) is 52.6 Å². The van der Waals surface area contributed by atoms with Crippen molar-refractivity contribution >= 4 is 17.3 Å². The molecule has 6 heteroatoms. The van der Waals surface area contributed by atoms with Gasteiger partial charge in [0.1, 0.15) is 5.01 Å². The first-order chi connectivity index (χ1) is 13.3. The number of rotatable bonds is 7. The second-order valence-corrected chi connectivity index (χ2v) is 8.19. The van der Waals surface area contributed by atoms with E-state index < -0.39 is 0 Å². The van der Waals surface area contributed by atoms with Crippen molar-refractivity contribution in [2.75, 3.05) is 20.1 Å². The van der Waals surface area contributed by atoms with E-state index in [-0.39, 0.29) is 0 Å². The van der Waals surface area contributed by atoms with Crippen molar-refractivity contribution in [1.29, 1.82) is 0 Å². The first-order valence-electron chi connectivity index (χ1n) is 9.94. The summed E-state index contributed by atoms with van der Waals surface area (Å²) in [6, 6.07) is 11.3. The van der Waals surface area contributed by atoms with Gasteiger partial charge in [-0.05, 0) is 31.4 Å². The molecule has 1 atom stereocenters. The lowest BCUT2D eigenvalue weighted by atomic mass is 10.0. The van der Waals surface area contributed by atoms with Crippen LogP contribution in [0.5, 0.6) is 0 Å². The van der Waals surface area contributed by atoms with Crippen LogP contribution in [0.15, 0.2) is 41.5 Å². The Balaban J connectivity index is 1.49. The van der Waals surface area contributed by atoms with Crippen molar-refractivity contribution < 1.29 is 0 Å². The van der Waals surface area contributed by atoms with Gasteiger partial charge in [0.15, 0.2) is 5.96 Å². The molecule has 0 amide bonds. The number of nitrogens with zero attached hydrogens (tertiary/aromatic N) is 3. The van der Waals surface area contributed by atoms with Gasteiger partial charge < -0.3 is 10.6 Å². The average Bonchev–Trinajstić information content (AvgIpc) is 3.18. The minimum absolute atomic E-state index is 0.545. The van der Waals surface area contributed by atoms with Crippen molar-refractivity contribution in [3.63, 3.8) is 0 Å². The van der Waals surface area contributed by atoms with E-state index in [4.69, 9.17) is 0 Å². The van der Waals surface area contributed by atoms with Gasteiger partial charge in [0.25, 0.3) is 0 Å². The lowest BCUT2D eigenvalue weighted by molar-refractivity contribution is 0.141. The van der Waals surface area contributed by atoms with Gasteiger partial charge in [-0.1, -0.05) is 43.7 Å². The van der Waals surface area contributed by atoms with Gasteiger partial charge >= 0.3 is 0 Å². The summed E-state index contributed by atoms with van der Waals surface area (Å²) < 4.78 is 0. The van der Waals surface area contributed by atoms with E-state index in [0.29, 0.717) is 6.04 Å². The number of aliphatic imine (C=N–C) groups is 1. The SMILES string of the molecule is CCc1cnc(CNC(=NC)NCC2CCCCN2Cc2ccccc2)s1. The van der Waals surface area contributed by atoms with Crippen molar-refractivity contribution in [3.8, 4) is 0 Å². The van der Waals surface area contributed by atoms with Crippen LogP contribution in [0.4, 0.5) is 0 Å². The third kappa shape index (κ3) is 6.04. The molecule has 2 N–H and O–H groups in total. The Bertz CT molecular complexity index is 712. The van der Waals surface area contributed by atoms with Crippen LogP contribution in [0.25, 0.3) is 0 Å². The Hall–Kier alpha value is -1.92. The number of benzene rings is 1. The first kappa shape index (κ1) is 19.8. The Morgan fingerprint density at radius 2 is 2.11 bits per heavy atom. The summed E-state index contributed by atoms with van der Waals surface area (Å²) in [7, 11) is 1.83. The van der Waals surface area contributed by atoms with Crippen LogP contribution < -0.4 is 10.6 Å². The highest BCUT2D eigenvalue weighted by molar-refractivity contribution is 7.11. The smallest absolute Gasteiger partial charge is 0.191 e. The Labute approximate surface area is 166 Å². The maximum atomic E-state index is 4.47. The molecule has 0 saturated carbocycles. The molecule has 1 aliphatic heterocycles. The zero-order valence-electron chi connectivity index (χ0n) is 16.4. The zero-order chi connectivity index (χ0) is 18.9. The Morgan fingerprint density at radius 1 is 1.26 bits per heavy atom. The predicted octanol–water partition coefficient (Wildman–Crippen LogP) is 3.43. The molecule has 0 spiro atoms. The van der Waals surface area contributed by atoms with Crippen molar-refractivity contribution in [2.24, 2.45) is 4.99 Å². The number of aromatic nitrogens is 1. The molecule has 1 aromatic carbocycles. The molecule has 1 aromatic heterocycles. The number of hydrogen-bond acceptors (Lipinski definition) is 4. The van der Waals surface area contributed by atoms with E-state index in [9.17, 15) is 0 Å². The number of aryl methyl sites for hydroxylation is 1. The normalized spacial score (nSPS) is 18.4. The largest absolute Gasteiger partial charge is 0.355 e. The molecule has 27 heavy (non-hydrogen) atoms. The third-order valence-electron chi connectivity index (χ3n) is 5.06. The summed E-state index contributed by atoms with van der Waals surface area (Å²) in [4.78, 5) is 12.8. The highest BCUT2D eigenvalue weighted by Gasteiger charge is 2.22.